The summed E-state index contributed by atoms with van der Waals surface area (Å²) in [6, 6.07) is 0. The molecule has 0 aromatic carbocycles. The van der Waals surface area contributed by atoms with Gasteiger partial charge in [-0.15, -0.1) is 0 Å². The van der Waals surface area contributed by atoms with Gasteiger partial charge >= 0.3 is 0 Å². The van der Waals surface area contributed by atoms with Gasteiger partial charge in [-0.05, 0) is 38.5 Å². The summed E-state index contributed by atoms with van der Waals surface area (Å²) in [4.78, 5) is 12.1. The monoisotopic (exact) mass is 271 g/mol. The maximum atomic E-state index is 12.1. The molecule has 0 saturated heterocycles. The van der Waals surface area contributed by atoms with Crippen LogP contribution in [-0.4, -0.2) is 34.9 Å². The average Bonchev–Trinajstić information content (AvgIpc) is 2.45. The van der Waals surface area contributed by atoms with Crippen LogP contribution in [0.1, 0.15) is 58.8 Å². The zero-order valence-electron chi connectivity index (χ0n) is 12.3. The molecule has 4 nitrogen and oxygen atoms in total. The van der Waals surface area contributed by atoms with Crippen molar-refractivity contribution in [3.8, 4) is 0 Å². The van der Waals surface area contributed by atoms with Gasteiger partial charge in [-0.2, -0.15) is 0 Å². The van der Waals surface area contributed by atoms with Crippen molar-refractivity contribution in [3.63, 3.8) is 0 Å². The maximum absolute atomic E-state index is 12.1. The summed E-state index contributed by atoms with van der Waals surface area (Å²) >= 11 is 0. The summed E-state index contributed by atoms with van der Waals surface area (Å²) in [6.45, 7) is 3.41. The molecule has 1 amide bonds. The molecule has 19 heavy (non-hydrogen) atoms. The van der Waals surface area contributed by atoms with E-state index in [-0.39, 0.29) is 25.0 Å². The van der Waals surface area contributed by atoms with Crippen LogP contribution in [0.3, 0.4) is 0 Å². The van der Waals surface area contributed by atoms with E-state index in [1.54, 1.807) is 6.92 Å². The van der Waals surface area contributed by atoms with Crippen LogP contribution in [0.25, 0.3) is 0 Å². The Bertz CT molecular complexity index is 269. The molecule has 0 radical (unpaired) electrons. The van der Waals surface area contributed by atoms with E-state index in [1.165, 1.54) is 19.3 Å². The van der Waals surface area contributed by atoms with Gasteiger partial charge < -0.3 is 15.5 Å². The first-order valence-electron chi connectivity index (χ1n) is 7.58. The van der Waals surface area contributed by atoms with Gasteiger partial charge in [0.25, 0.3) is 0 Å². The van der Waals surface area contributed by atoms with E-state index in [9.17, 15) is 15.0 Å². The summed E-state index contributed by atoms with van der Waals surface area (Å²) in [5.41, 5.74) is -0.893. The SMILES string of the molecule is CCCCC1CCC(C(=O)NC(C)(CO)CO)CC1. The fourth-order valence-electron chi connectivity index (χ4n) is 2.73. The van der Waals surface area contributed by atoms with Gasteiger partial charge in [-0.1, -0.05) is 26.2 Å². The van der Waals surface area contributed by atoms with Crippen LogP contribution >= 0.6 is 0 Å². The third-order valence-corrected chi connectivity index (χ3v) is 4.31. The Kier molecular flexibility index (Phi) is 6.80. The van der Waals surface area contributed by atoms with E-state index >= 15 is 0 Å². The number of hydrogen-bond acceptors (Lipinski definition) is 3. The minimum absolute atomic E-state index is 0.0143. The minimum Gasteiger partial charge on any atom is -0.394 e. The second-order valence-corrected chi connectivity index (χ2v) is 6.23. The highest BCUT2D eigenvalue weighted by Crippen LogP contribution is 2.32. The van der Waals surface area contributed by atoms with Crippen molar-refractivity contribution in [1.29, 1.82) is 0 Å². The quantitative estimate of drug-likeness (QED) is 0.662. The average molecular weight is 271 g/mol. The van der Waals surface area contributed by atoms with Crippen molar-refractivity contribution >= 4 is 5.91 Å². The first-order chi connectivity index (χ1) is 9.04. The molecule has 1 fully saturated rings. The van der Waals surface area contributed by atoms with Gasteiger partial charge in [0, 0.05) is 5.92 Å². The van der Waals surface area contributed by atoms with Gasteiger partial charge in [-0.25, -0.2) is 0 Å². The van der Waals surface area contributed by atoms with E-state index in [0.717, 1.165) is 31.6 Å². The number of nitrogens with one attached hydrogen (secondary N) is 1. The smallest absolute Gasteiger partial charge is 0.223 e. The van der Waals surface area contributed by atoms with Gasteiger partial charge in [0.15, 0.2) is 0 Å². The predicted molar refractivity (Wildman–Crippen MR) is 75.7 cm³/mol. The normalized spacial score (nSPS) is 24.2. The molecular weight excluding hydrogens is 242 g/mol. The van der Waals surface area contributed by atoms with E-state index in [0.29, 0.717) is 0 Å². The second kappa shape index (κ2) is 7.85. The van der Waals surface area contributed by atoms with Gasteiger partial charge in [0.1, 0.15) is 0 Å². The first-order valence-corrected chi connectivity index (χ1v) is 7.58. The molecule has 1 aliphatic carbocycles. The third kappa shape index (κ3) is 5.11. The van der Waals surface area contributed by atoms with E-state index in [2.05, 4.69) is 12.2 Å². The third-order valence-electron chi connectivity index (χ3n) is 4.31. The Balaban J connectivity index is 2.36. The molecule has 0 unspecified atom stereocenters. The predicted octanol–water partition coefficient (Wildman–Crippen LogP) is 1.84. The van der Waals surface area contributed by atoms with Crippen molar-refractivity contribution in [2.75, 3.05) is 13.2 Å². The van der Waals surface area contributed by atoms with Crippen LogP contribution in [0, 0.1) is 11.8 Å². The lowest BCUT2D eigenvalue weighted by atomic mass is 9.79. The maximum Gasteiger partial charge on any atom is 0.223 e. The molecular formula is C15H29NO3. The summed E-state index contributed by atoms with van der Waals surface area (Å²) in [6.07, 6.45) is 7.95. The molecule has 0 bridgehead atoms. The fraction of sp³-hybridized carbons (Fsp3) is 0.933. The number of hydrogen-bond donors (Lipinski definition) is 3. The molecule has 1 aliphatic rings. The molecule has 0 atom stereocenters. The van der Waals surface area contributed by atoms with Crippen LogP contribution in [0.15, 0.2) is 0 Å². The lowest BCUT2D eigenvalue weighted by Gasteiger charge is -2.32. The molecule has 0 spiro atoms. The van der Waals surface area contributed by atoms with Crippen LogP contribution in [-0.2, 0) is 4.79 Å². The summed E-state index contributed by atoms with van der Waals surface area (Å²) in [5, 5.41) is 21.2. The largest absolute Gasteiger partial charge is 0.394 e. The molecule has 3 N–H and O–H groups in total. The highest BCUT2D eigenvalue weighted by atomic mass is 16.3. The molecule has 0 aromatic rings. The topological polar surface area (TPSA) is 69.6 Å². The Labute approximate surface area is 116 Å². The first kappa shape index (κ1) is 16.4. The fourth-order valence-corrected chi connectivity index (χ4v) is 2.73. The van der Waals surface area contributed by atoms with Crippen molar-refractivity contribution in [2.24, 2.45) is 11.8 Å². The van der Waals surface area contributed by atoms with Gasteiger partial charge in [0.05, 0.1) is 18.8 Å². The minimum atomic E-state index is -0.893. The Hall–Kier alpha value is -0.610. The van der Waals surface area contributed by atoms with Crippen molar-refractivity contribution in [2.45, 2.75) is 64.3 Å². The zero-order chi connectivity index (χ0) is 14.3. The molecule has 1 saturated carbocycles. The van der Waals surface area contributed by atoms with E-state index in [1.807, 2.05) is 0 Å². The van der Waals surface area contributed by atoms with Crippen LogP contribution in [0.5, 0.6) is 0 Å². The number of rotatable bonds is 7. The van der Waals surface area contributed by atoms with E-state index in [4.69, 9.17) is 0 Å². The van der Waals surface area contributed by atoms with Crippen LogP contribution < -0.4 is 5.32 Å². The Morgan fingerprint density at radius 3 is 2.26 bits per heavy atom. The van der Waals surface area contributed by atoms with Gasteiger partial charge in [-0.3, -0.25) is 4.79 Å². The number of unbranched alkanes of at least 4 members (excludes halogenated alkanes) is 1. The van der Waals surface area contributed by atoms with E-state index < -0.39 is 5.54 Å². The lowest BCUT2D eigenvalue weighted by Crippen LogP contribution is -2.53. The molecule has 0 heterocycles. The van der Waals surface area contributed by atoms with Crippen LogP contribution in [0.2, 0.25) is 0 Å². The number of aliphatic hydroxyl groups excluding tert-OH is 2. The highest BCUT2D eigenvalue weighted by Gasteiger charge is 2.31. The highest BCUT2D eigenvalue weighted by molar-refractivity contribution is 5.79. The zero-order valence-corrected chi connectivity index (χ0v) is 12.3. The number of carbonyl (C=O) groups excluding carboxylic acids is 1. The summed E-state index contributed by atoms with van der Waals surface area (Å²) in [7, 11) is 0. The van der Waals surface area contributed by atoms with Crippen molar-refractivity contribution in [3.05, 3.63) is 0 Å². The molecule has 0 aliphatic heterocycles. The standard InChI is InChI=1S/C15H29NO3/c1-3-4-5-12-6-8-13(9-7-12)14(19)16-15(2,10-17)11-18/h12-13,17-18H,3-11H2,1-2H3,(H,16,19). The Morgan fingerprint density at radius 1 is 1.21 bits per heavy atom. The Morgan fingerprint density at radius 2 is 1.79 bits per heavy atom. The summed E-state index contributed by atoms with van der Waals surface area (Å²) in [5.74, 6) is 0.820. The molecule has 0 aromatic heterocycles. The number of aliphatic hydroxyl groups is 2. The number of carbonyl (C=O) groups is 1. The second-order valence-electron chi connectivity index (χ2n) is 6.23. The number of amides is 1. The van der Waals surface area contributed by atoms with Crippen LogP contribution in [0.4, 0.5) is 0 Å². The van der Waals surface area contributed by atoms with Gasteiger partial charge in [0.2, 0.25) is 5.91 Å². The van der Waals surface area contributed by atoms with Crippen molar-refractivity contribution < 1.29 is 15.0 Å². The molecule has 112 valence electrons. The van der Waals surface area contributed by atoms with Crippen molar-refractivity contribution in [1.82, 2.24) is 5.32 Å². The molecule has 4 heteroatoms. The lowest BCUT2D eigenvalue weighted by molar-refractivity contribution is -0.129. The summed E-state index contributed by atoms with van der Waals surface area (Å²) < 4.78 is 0. The molecule has 1 rings (SSSR count).